The number of aromatic nitrogens is 1. The molecule has 5 nitrogen and oxygen atoms in total. The van der Waals surface area contributed by atoms with Gasteiger partial charge in [0.05, 0.1) is 5.52 Å². The summed E-state index contributed by atoms with van der Waals surface area (Å²) >= 11 is 0. The molecule has 29 heavy (non-hydrogen) atoms. The van der Waals surface area contributed by atoms with Crippen molar-refractivity contribution in [3.05, 3.63) is 75.2 Å². The van der Waals surface area contributed by atoms with Gasteiger partial charge in [-0.25, -0.2) is 4.79 Å². The van der Waals surface area contributed by atoms with E-state index in [1.54, 1.807) is 19.2 Å². The summed E-state index contributed by atoms with van der Waals surface area (Å²) in [5.74, 6) is -0.695. The summed E-state index contributed by atoms with van der Waals surface area (Å²) in [4.78, 5) is 35.4. The van der Waals surface area contributed by atoms with Gasteiger partial charge in [-0.15, -0.1) is 0 Å². The van der Waals surface area contributed by atoms with Crippen LogP contribution in [0.3, 0.4) is 0 Å². The van der Waals surface area contributed by atoms with Crippen molar-refractivity contribution >= 4 is 17.3 Å². The zero-order valence-electron chi connectivity index (χ0n) is 16.6. The number of nitrogens with zero attached hydrogens (tertiary/aromatic N) is 1. The lowest BCUT2D eigenvalue weighted by Crippen LogP contribution is -2.23. The molecule has 1 N–H and O–H groups in total. The van der Waals surface area contributed by atoms with Gasteiger partial charge in [-0.2, -0.15) is 0 Å². The van der Waals surface area contributed by atoms with Crippen LogP contribution in [0.4, 0.5) is 0 Å². The Hall–Kier alpha value is -3.21. The smallest absolute Gasteiger partial charge is 0.341 e. The van der Waals surface area contributed by atoms with E-state index < -0.39 is 11.5 Å². The summed E-state index contributed by atoms with van der Waals surface area (Å²) in [6.07, 6.45) is 4.98. The molecular formula is C24H23NO4. The van der Waals surface area contributed by atoms with Crippen molar-refractivity contribution in [3.63, 3.8) is 0 Å². The first-order chi connectivity index (χ1) is 13.9. The van der Waals surface area contributed by atoms with Gasteiger partial charge in [-0.05, 0) is 79.0 Å². The van der Waals surface area contributed by atoms with Crippen molar-refractivity contribution in [1.29, 1.82) is 0 Å². The molecule has 0 radical (unpaired) electrons. The summed E-state index contributed by atoms with van der Waals surface area (Å²) in [5.41, 5.74) is 5.24. The predicted molar refractivity (Wildman–Crippen MR) is 112 cm³/mol. The van der Waals surface area contributed by atoms with Crippen LogP contribution in [0.2, 0.25) is 0 Å². The number of ketones is 1. The second-order valence-electron chi connectivity index (χ2n) is 7.87. The predicted octanol–water partition coefficient (Wildman–Crippen LogP) is 4.37. The molecule has 0 unspecified atom stereocenters. The Morgan fingerprint density at radius 1 is 1.14 bits per heavy atom. The van der Waals surface area contributed by atoms with Gasteiger partial charge in [0.1, 0.15) is 11.3 Å². The van der Waals surface area contributed by atoms with Crippen molar-refractivity contribution in [2.45, 2.75) is 45.4 Å². The third-order valence-electron chi connectivity index (χ3n) is 5.69. The second-order valence-corrected chi connectivity index (χ2v) is 7.87. The fourth-order valence-corrected chi connectivity index (χ4v) is 3.94. The lowest BCUT2D eigenvalue weighted by Gasteiger charge is -2.15. The normalized spacial score (nSPS) is 13.6. The zero-order chi connectivity index (χ0) is 20.7. The summed E-state index contributed by atoms with van der Waals surface area (Å²) in [5, 5.41) is 9.42. The second kappa shape index (κ2) is 7.32. The largest absolute Gasteiger partial charge is 0.477 e. The number of hydrogen-bond donors (Lipinski definition) is 1. The Labute approximate surface area is 168 Å². The average Bonchev–Trinajstić information content (AvgIpc) is 3.52. The van der Waals surface area contributed by atoms with Crippen LogP contribution in [0.1, 0.15) is 59.2 Å². The number of aryl methyl sites for hydroxylation is 2. The highest BCUT2D eigenvalue weighted by atomic mass is 16.4. The molecule has 5 heteroatoms. The molecule has 0 bridgehead atoms. The molecule has 0 amide bonds. The molecule has 1 aliphatic rings. The Kier molecular flexibility index (Phi) is 4.82. The summed E-state index contributed by atoms with van der Waals surface area (Å²) in [6, 6.07) is 11.6. The fraction of sp³-hybridized carbons (Fsp3) is 0.292. The number of carbonyl (C=O) groups is 2. The van der Waals surface area contributed by atoms with Crippen LogP contribution in [0, 0.1) is 6.92 Å². The molecule has 148 valence electrons. The van der Waals surface area contributed by atoms with E-state index in [0.29, 0.717) is 12.3 Å². The van der Waals surface area contributed by atoms with Gasteiger partial charge in [0, 0.05) is 12.6 Å². The summed E-state index contributed by atoms with van der Waals surface area (Å²) in [6.45, 7) is 3.59. The van der Waals surface area contributed by atoms with Crippen molar-refractivity contribution in [1.82, 2.24) is 4.40 Å². The molecule has 4 rings (SSSR count). The third-order valence-corrected chi connectivity index (χ3v) is 5.69. The quantitative estimate of drug-likeness (QED) is 0.679. The molecule has 0 atom stereocenters. The summed E-state index contributed by atoms with van der Waals surface area (Å²) < 4.78 is 1.48. The number of carbonyl (C=O) groups excluding carboxylic acids is 1. The number of carboxylic acids is 1. The number of aromatic carboxylic acids is 1. The van der Waals surface area contributed by atoms with Crippen molar-refractivity contribution in [3.8, 4) is 11.1 Å². The molecule has 0 spiro atoms. The van der Waals surface area contributed by atoms with E-state index in [0.717, 1.165) is 52.6 Å². The molecular weight excluding hydrogens is 366 g/mol. The monoisotopic (exact) mass is 389 g/mol. The highest BCUT2D eigenvalue weighted by molar-refractivity contribution is 5.89. The molecule has 3 aromatic rings. The maximum Gasteiger partial charge on any atom is 0.341 e. The van der Waals surface area contributed by atoms with Crippen LogP contribution in [0.5, 0.6) is 0 Å². The van der Waals surface area contributed by atoms with Crippen LogP contribution in [0.25, 0.3) is 16.6 Å². The van der Waals surface area contributed by atoms with E-state index in [1.807, 2.05) is 37.3 Å². The first kappa shape index (κ1) is 19.1. The number of benzene rings is 1. The minimum Gasteiger partial charge on any atom is -0.477 e. The minimum absolute atomic E-state index is 0.175. The van der Waals surface area contributed by atoms with Crippen LogP contribution in [0.15, 0.2) is 47.4 Å². The van der Waals surface area contributed by atoms with Gasteiger partial charge in [0.2, 0.25) is 0 Å². The van der Waals surface area contributed by atoms with Crippen LogP contribution >= 0.6 is 0 Å². The molecule has 0 aliphatic heterocycles. The Morgan fingerprint density at radius 2 is 1.83 bits per heavy atom. The first-order valence-electron chi connectivity index (χ1n) is 9.87. The number of carboxylic acid groups (broad SMARTS) is 1. The van der Waals surface area contributed by atoms with Crippen LogP contribution in [-0.4, -0.2) is 21.3 Å². The van der Waals surface area contributed by atoms with E-state index in [9.17, 15) is 19.5 Å². The van der Waals surface area contributed by atoms with Gasteiger partial charge in [0.15, 0.2) is 0 Å². The fourth-order valence-electron chi connectivity index (χ4n) is 3.94. The van der Waals surface area contributed by atoms with Crippen molar-refractivity contribution < 1.29 is 14.7 Å². The first-order valence-corrected chi connectivity index (χ1v) is 9.87. The third kappa shape index (κ3) is 3.60. The highest BCUT2D eigenvalue weighted by Gasteiger charge is 2.29. The molecule has 2 heterocycles. The number of Topliss-reactive ketones (excluding diaryl/α,β-unsaturated/α-hetero) is 1. The van der Waals surface area contributed by atoms with Gasteiger partial charge in [-0.1, -0.05) is 24.3 Å². The SMILES string of the molecule is CC(=O)CCc1ccc(-c2ccn3c(=O)c(C(=O)O)cc(C4CC4)c3c2C)cc1. The molecule has 1 fully saturated rings. The van der Waals surface area contributed by atoms with Crippen molar-refractivity contribution in [2.24, 2.45) is 0 Å². The molecule has 1 aromatic carbocycles. The van der Waals surface area contributed by atoms with E-state index in [2.05, 4.69) is 0 Å². The van der Waals surface area contributed by atoms with Gasteiger partial charge in [-0.3, -0.25) is 9.20 Å². The lowest BCUT2D eigenvalue weighted by molar-refractivity contribution is -0.116. The maximum absolute atomic E-state index is 12.7. The van der Waals surface area contributed by atoms with E-state index in [-0.39, 0.29) is 11.3 Å². The molecule has 2 aromatic heterocycles. The number of fused-ring (bicyclic) bond motifs is 1. The Bertz CT molecular complexity index is 1180. The molecule has 1 saturated carbocycles. The van der Waals surface area contributed by atoms with E-state index in [4.69, 9.17) is 0 Å². The van der Waals surface area contributed by atoms with Gasteiger partial charge >= 0.3 is 5.97 Å². The highest BCUT2D eigenvalue weighted by Crippen LogP contribution is 2.43. The minimum atomic E-state index is -1.19. The van der Waals surface area contributed by atoms with Gasteiger partial charge < -0.3 is 9.90 Å². The topological polar surface area (TPSA) is 75.8 Å². The number of rotatable bonds is 6. The molecule has 0 saturated heterocycles. The Morgan fingerprint density at radius 3 is 2.41 bits per heavy atom. The van der Waals surface area contributed by atoms with Crippen LogP contribution in [-0.2, 0) is 11.2 Å². The number of pyridine rings is 2. The number of hydrogen-bond acceptors (Lipinski definition) is 3. The Balaban J connectivity index is 1.83. The zero-order valence-corrected chi connectivity index (χ0v) is 16.6. The summed E-state index contributed by atoms with van der Waals surface area (Å²) in [7, 11) is 0. The van der Waals surface area contributed by atoms with Crippen LogP contribution < -0.4 is 5.56 Å². The molecule has 1 aliphatic carbocycles. The maximum atomic E-state index is 12.7. The average molecular weight is 389 g/mol. The van der Waals surface area contributed by atoms with Crippen molar-refractivity contribution in [2.75, 3.05) is 0 Å². The van der Waals surface area contributed by atoms with E-state index >= 15 is 0 Å². The van der Waals surface area contributed by atoms with E-state index in [1.165, 1.54) is 4.40 Å². The lowest BCUT2D eigenvalue weighted by atomic mass is 9.95. The standard InChI is InChI=1S/C24H23NO4/c1-14(26)3-4-16-5-7-17(8-6-16)19-11-12-25-22(15(19)2)20(18-9-10-18)13-21(23(25)27)24(28)29/h5-8,11-13,18H,3-4,9-10H2,1-2H3,(H,28,29). The van der Waals surface area contributed by atoms with Gasteiger partial charge in [0.25, 0.3) is 5.56 Å².